The van der Waals surface area contributed by atoms with Gasteiger partial charge in [0, 0.05) is 10.9 Å². The number of carbonyl (C=O) groups excluding carboxylic acids is 4. The van der Waals surface area contributed by atoms with Crippen molar-refractivity contribution in [1.82, 2.24) is 4.90 Å². The number of ether oxygens (including phenoxy) is 1. The summed E-state index contributed by atoms with van der Waals surface area (Å²) in [6, 6.07) is 13.4. The van der Waals surface area contributed by atoms with Gasteiger partial charge < -0.3 is 10.1 Å². The first-order chi connectivity index (χ1) is 17.3. The van der Waals surface area contributed by atoms with Crippen molar-refractivity contribution in [3.8, 4) is 11.1 Å². The number of aryl methyl sites for hydroxylation is 1. The molecule has 36 heavy (non-hydrogen) atoms. The van der Waals surface area contributed by atoms with Gasteiger partial charge in [-0.05, 0) is 42.0 Å². The van der Waals surface area contributed by atoms with Crippen LogP contribution >= 0.6 is 11.3 Å². The van der Waals surface area contributed by atoms with E-state index in [1.165, 1.54) is 24.0 Å². The van der Waals surface area contributed by atoms with Gasteiger partial charge in [-0.1, -0.05) is 57.2 Å². The largest absolute Gasteiger partial charge is 0.465 e. The van der Waals surface area contributed by atoms with Crippen molar-refractivity contribution >= 4 is 40.0 Å². The number of imide groups is 1. The third-order valence-electron chi connectivity index (χ3n) is 6.22. The second-order valence-corrected chi connectivity index (χ2v) is 9.94. The average molecular weight is 505 g/mol. The molecular formula is C28H28N2O5S. The van der Waals surface area contributed by atoms with E-state index in [-0.39, 0.29) is 29.0 Å². The summed E-state index contributed by atoms with van der Waals surface area (Å²) in [4.78, 5) is 53.6. The molecule has 1 unspecified atom stereocenters. The van der Waals surface area contributed by atoms with Crippen LogP contribution in [0.4, 0.5) is 5.00 Å². The molecule has 0 bridgehead atoms. The number of methoxy groups -OCH3 is 1. The standard InChI is InChI=1S/C28H28N2O5S/c1-5-17-10-12-18(13-11-17)21-15-36-25(23(21)28(34)35-4)29-24(31)22(14-16(2)3)30-26(32)19-8-6-7-9-20(19)27(30)33/h6-13,15-16,22H,5,14H2,1-4H3,(H,29,31). The Morgan fingerprint density at radius 3 is 2.11 bits per heavy atom. The predicted molar refractivity (Wildman–Crippen MR) is 139 cm³/mol. The second-order valence-electron chi connectivity index (χ2n) is 9.06. The number of anilines is 1. The Bertz CT molecular complexity index is 1290. The molecule has 8 heteroatoms. The van der Waals surface area contributed by atoms with Crippen molar-refractivity contribution in [2.75, 3.05) is 12.4 Å². The highest BCUT2D eigenvalue weighted by Gasteiger charge is 2.43. The van der Waals surface area contributed by atoms with Gasteiger partial charge in [0.1, 0.15) is 16.6 Å². The van der Waals surface area contributed by atoms with E-state index in [0.29, 0.717) is 10.6 Å². The Morgan fingerprint density at radius 2 is 1.58 bits per heavy atom. The molecule has 186 valence electrons. The quantitative estimate of drug-likeness (QED) is 0.327. The van der Waals surface area contributed by atoms with Gasteiger partial charge in [-0.15, -0.1) is 11.3 Å². The Morgan fingerprint density at radius 1 is 0.972 bits per heavy atom. The third-order valence-corrected chi connectivity index (χ3v) is 7.12. The third kappa shape index (κ3) is 4.68. The SMILES string of the molecule is CCc1ccc(-c2csc(NC(=O)C(CC(C)C)N3C(=O)c4ccccc4C3=O)c2C(=O)OC)cc1. The van der Waals surface area contributed by atoms with E-state index >= 15 is 0 Å². The minimum atomic E-state index is -1.03. The molecule has 3 aromatic rings. The van der Waals surface area contributed by atoms with Crippen LogP contribution in [0.1, 0.15) is 63.8 Å². The molecule has 0 spiro atoms. The van der Waals surface area contributed by atoms with Gasteiger partial charge in [0.25, 0.3) is 11.8 Å². The van der Waals surface area contributed by atoms with Gasteiger partial charge in [0.15, 0.2) is 0 Å². The van der Waals surface area contributed by atoms with E-state index < -0.39 is 29.7 Å². The molecule has 0 saturated heterocycles. The van der Waals surface area contributed by atoms with Gasteiger partial charge in [0.2, 0.25) is 5.91 Å². The summed E-state index contributed by atoms with van der Waals surface area (Å²) in [6.45, 7) is 5.90. The molecule has 1 N–H and O–H groups in total. The van der Waals surface area contributed by atoms with Crippen LogP contribution in [0.3, 0.4) is 0 Å². The predicted octanol–water partition coefficient (Wildman–Crippen LogP) is 5.41. The van der Waals surface area contributed by atoms with E-state index in [9.17, 15) is 19.2 Å². The van der Waals surface area contributed by atoms with Crippen molar-refractivity contribution in [1.29, 1.82) is 0 Å². The van der Waals surface area contributed by atoms with Crippen LogP contribution in [-0.2, 0) is 16.0 Å². The summed E-state index contributed by atoms with van der Waals surface area (Å²) >= 11 is 1.20. The zero-order chi connectivity index (χ0) is 26.0. The molecule has 1 aliphatic rings. The van der Waals surface area contributed by atoms with Crippen LogP contribution in [0.2, 0.25) is 0 Å². The molecular weight excluding hydrogens is 476 g/mol. The molecule has 7 nitrogen and oxygen atoms in total. The van der Waals surface area contributed by atoms with Crippen LogP contribution in [0.15, 0.2) is 53.9 Å². The summed E-state index contributed by atoms with van der Waals surface area (Å²) in [6.07, 6.45) is 1.17. The molecule has 0 radical (unpaired) electrons. The molecule has 3 amide bonds. The highest BCUT2D eigenvalue weighted by molar-refractivity contribution is 7.15. The lowest BCUT2D eigenvalue weighted by atomic mass is 10.0. The fourth-order valence-electron chi connectivity index (χ4n) is 4.35. The first kappa shape index (κ1) is 25.3. The first-order valence-corrected chi connectivity index (χ1v) is 12.7. The first-order valence-electron chi connectivity index (χ1n) is 11.8. The number of esters is 1. The lowest BCUT2D eigenvalue weighted by Crippen LogP contribution is -2.48. The number of nitrogens with one attached hydrogen (secondary N) is 1. The fourth-order valence-corrected chi connectivity index (χ4v) is 5.31. The van der Waals surface area contributed by atoms with E-state index in [1.807, 2.05) is 38.1 Å². The van der Waals surface area contributed by atoms with E-state index in [1.54, 1.807) is 29.6 Å². The maximum Gasteiger partial charge on any atom is 0.341 e. The summed E-state index contributed by atoms with van der Waals surface area (Å²) in [5.41, 5.74) is 3.45. The number of amides is 3. The number of thiophene rings is 1. The van der Waals surface area contributed by atoms with Crippen molar-refractivity contribution in [3.63, 3.8) is 0 Å². The average Bonchev–Trinajstić information content (AvgIpc) is 3.40. The Balaban J connectivity index is 1.68. The van der Waals surface area contributed by atoms with Crippen molar-refractivity contribution in [2.45, 2.75) is 39.7 Å². The summed E-state index contributed by atoms with van der Waals surface area (Å²) in [5, 5.41) is 4.93. The number of nitrogens with zero attached hydrogens (tertiary/aromatic N) is 1. The molecule has 0 aliphatic carbocycles. The number of carbonyl (C=O) groups is 4. The number of fused-ring (bicyclic) bond motifs is 1. The molecule has 0 saturated carbocycles. The lowest BCUT2D eigenvalue weighted by Gasteiger charge is -2.26. The van der Waals surface area contributed by atoms with Gasteiger partial charge >= 0.3 is 5.97 Å². The summed E-state index contributed by atoms with van der Waals surface area (Å²) in [5.74, 6) is -2.07. The van der Waals surface area contributed by atoms with Gasteiger partial charge in [-0.3, -0.25) is 19.3 Å². The Hall–Kier alpha value is -3.78. The highest BCUT2D eigenvalue weighted by atomic mass is 32.1. The lowest BCUT2D eigenvalue weighted by molar-refractivity contribution is -0.120. The maximum absolute atomic E-state index is 13.6. The maximum atomic E-state index is 13.6. The number of rotatable bonds is 8. The van der Waals surface area contributed by atoms with Gasteiger partial charge in [-0.2, -0.15) is 0 Å². The van der Waals surface area contributed by atoms with Crippen LogP contribution < -0.4 is 5.32 Å². The van der Waals surface area contributed by atoms with Crippen molar-refractivity contribution in [3.05, 3.63) is 76.2 Å². The molecule has 1 aliphatic heterocycles. The number of hydrogen-bond donors (Lipinski definition) is 1. The number of benzene rings is 2. The summed E-state index contributed by atoms with van der Waals surface area (Å²) < 4.78 is 5.02. The monoisotopic (exact) mass is 504 g/mol. The zero-order valence-electron chi connectivity index (χ0n) is 20.7. The topological polar surface area (TPSA) is 92.8 Å². The molecule has 4 rings (SSSR count). The van der Waals surface area contributed by atoms with Crippen LogP contribution in [0, 0.1) is 5.92 Å². The molecule has 1 atom stereocenters. The van der Waals surface area contributed by atoms with Crippen molar-refractivity contribution in [2.24, 2.45) is 5.92 Å². The molecule has 0 fully saturated rings. The highest BCUT2D eigenvalue weighted by Crippen LogP contribution is 2.37. The van der Waals surface area contributed by atoms with Gasteiger partial charge in [-0.25, -0.2) is 4.79 Å². The molecule has 1 aromatic heterocycles. The van der Waals surface area contributed by atoms with Crippen LogP contribution in [0.5, 0.6) is 0 Å². The van der Waals surface area contributed by atoms with Crippen LogP contribution in [0.25, 0.3) is 11.1 Å². The smallest absolute Gasteiger partial charge is 0.341 e. The van der Waals surface area contributed by atoms with E-state index in [2.05, 4.69) is 12.2 Å². The number of hydrogen-bond acceptors (Lipinski definition) is 6. The Kier molecular flexibility index (Phi) is 7.35. The second kappa shape index (κ2) is 10.5. The fraction of sp³-hybridized carbons (Fsp3) is 0.286. The molecule has 2 aromatic carbocycles. The Labute approximate surface area is 214 Å². The molecule has 2 heterocycles. The minimum absolute atomic E-state index is 0.0288. The van der Waals surface area contributed by atoms with Gasteiger partial charge in [0.05, 0.1) is 18.2 Å². The van der Waals surface area contributed by atoms with Crippen LogP contribution in [-0.4, -0.2) is 41.7 Å². The summed E-state index contributed by atoms with van der Waals surface area (Å²) in [7, 11) is 1.29. The van der Waals surface area contributed by atoms with Crippen molar-refractivity contribution < 1.29 is 23.9 Å². The van der Waals surface area contributed by atoms with E-state index in [0.717, 1.165) is 16.9 Å². The zero-order valence-corrected chi connectivity index (χ0v) is 21.5. The minimum Gasteiger partial charge on any atom is -0.465 e. The van der Waals surface area contributed by atoms with E-state index in [4.69, 9.17) is 4.74 Å². The normalized spacial score (nSPS) is 13.6.